The Bertz CT molecular complexity index is 353. The van der Waals surface area contributed by atoms with Gasteiger partial charge in [-0.15, -0.1) is 0 Å². The van der Waals surface area contributed by atoms with Gasteiger partial charge >= 0.3 is 5.97 Å². The van der Waals surface area contributed by atoms with E-state index in [1.165, 1.54) is 6.92 Å². The fourth-order valence-corrected chi connectivity index (χ4v) is 0.904. The number of hydrogen-bond donors (Lipinski definition) is 2. The SMILES string of the molecule is CC(=O)Oc1ccc(N=C(N)N)cc1. The Morgan fingerprint density at radius 3 is 2.29 bits per heavy atom. The monoisotopic (exact) mass is 193 g/mol. The van der Waals surface area contributed by atoms with Gasteiger partial charge in [-0.1, -0.05) is 0 Å². The lowest BCUT2D eigenvalue weighted by Gasteiger charge is -2.00. The minimum atomic E-state index is -0.361. The molecule has 0 unspecified atom stereocenters. The second kappa shape index (κ2) is 4.27. The summed E-state index contributed by atoms with van der Waals surface area (Å²) in [6.07, 6.45) is 0. The quantitative estimate of drug-likeness (QED) is 0.310. The highest BCUT2D eigenvalue weighted by atomic mass is 16.5. The van der Waals surface area contributed by atoms with Gasteiger partial charge in [0.15, 0.2) is 5.96 Å². The molecule has 5 nitrogen and oxygen atoms in total. The molecule has 74 valence electrons. The fraction of sp³-hybridized carbons (Fsp3) is 0.111. The molecular formula is C9H11N3O2. The first-order valence-electron chi connectivity index (χ1n) is 3.96. The number of nitrogens with two attached hydrogens (primary N) is 2. The Hall–Kier alpha value is -2.04. The second-order valence-electron chi connectivity index (χ2n) is 2.62. The van der Waals surface area contributed by atoms with Crippen molar-refractivity contribution >= 4 is 17.6 Å². The second-order valence-corrected chi connectivity index (χ2v) is 2.62. The maximum atomic E-state index is 10.6. The van der Waals surface area contributed by atoms with Crippen molar-refractivity contribution in [1.29, 1.82) is 0 Å². The van der Waals surface area contributed by atoms with E-state index >= 15 is 0 Å². The van der Waals surface area contributed by atoms with Gasteiger partial charge in [0.2, 0.25) is 0 Å². The molecule has 0 saturated heterocycles. The van der Waals surface area contributed by atoms with Crippen molar-refractivity contribution in [2.45, 2.75) is 6.92 Å². The summed E-state index contributed by atoms with van der Waals surface area (Å²) in [5, 5.41) is 0. The fourth-order valence-electron chi connectivity index (χ4n) is 0.904. The van der Waals surface area contributed by atoms with Crippen molar-refractivity contribution in [2.24, 2.45) is 16.5 Å². The van der Waals surface area contributed by atoms with E-state index in [2.05, 4.69) is 4.99 Å². The number of aliphatic imine (C=N–C) groups is 1. The van der Waals surface area contributed by atoms with Crippen molar-refractivity contribution in [3.63, 3.8) is 0 Å². The summed E-state index contributed by atoms with van der Waals surface area (Å²) < 4.78 is 4.82. The molecule has 0 bridgehead atoms. The molecule has 0 spiro atoms. The van der Waals surface area contributed by atoms with E-state index in [1.54, 1.807) is 24.3 Å². The topological polar surface area (TPSA) is 90.7 Å². The molecule has 0 amide bonds. The molecule has 1 aromatic carbocycles. The van der Waals surface area contributed by atoms with Gasteiger partial charge in [-0.05, 0) is 24.3 Å². The van der Waals surface area contributed by atoms with Gasteiger partial charge < -0.3 is 16.2 Å². The van der Waals surface area contributed by atoms with E-state index in [0.29, 0.717) is 11.4 Å². The number of hydrogen-bond acceptors (Lipinski definition) is 3. The molecule has 1 rings (SSSR count). The first kappa shape index (κ1) is 10.0. The van der Waals surface area contributed by atoms with Crippen molar-refractivity contribution in [3.05, 3.63) is 24.3 Å². The number of esters is 1. The zero-order chi connectivity index (χ0) is 10.6. The van der Waals surface area contributed by atoms with Gasteiger partial charge in [0, 0.05) is 6.92 Å². The molecule has 5 heteroatoms. The Kier molecular flexibility index (Phi) is 3.06. The van der Waals surface area contributed by atoms with E-state index in [4.69, 9.17) is 16.2 Å². The van der Waals surface area contributed by atoms with Crippen molar-refractivity contribution in [2.75, 3.05) is 0 Å². The number of carbonyl (C=O) groups is 1. The lowest BCUT2D eigenvalue weighted by atomic mass is 10.3. The van der Waals surface area contributed by atoms with Gasteiger partial charge in [-0.25, -0.2) is 4.99 Å². The van der Waals surface area contributed by atoms with Crippen LogP contribution in [0.4, 0.5) is 5.69 Å². The van der Waals surface area contributed by atoms with Crippen molar-refractivity contribution < 1.29 is 9.53 Å². The molecule has 4 N–H and O–H groups in total. The maximum Gasteiger partial charge on any atom is 0.308 e. The van der Waals surface area contributed by atoms with Crippen molar-refractivity contribution in [1.82, 2.24) is 0 Å². The van der Waals surface area contributed by atoms with Crippen LogP contribution in [0.5, 0.6) is 5.75 Å². The number of rotatable bonds is 2. The highest BCUT2D eigenvalue weighted by Crippen LogP contribution is 2.17. The number of carbonyl (C=O) groups excluding carboxylic acids is 1. The summed E-state index contributed by atoms with van der Waals surface area (Å²) in [5.41, 5.74) is 11.0. The predicted octanol–water partition coefficient (Wildman–Crippen LogP) is 0.517. The third-order valence-electron chi connectivity index (χ3n) is 1.36. The molecule has 0 radical (unpaired) electrons. The number of guanidine groups is 1. The molecule has 14 heavy (non-hydrogen) atoms. The van der Waals surface area contributed by atoms with Gasteiger partial charge in [-0.2, -0.15) is 0 Å². The van der Waals surface area contributed by atoms with E-state index in [-0.39, 0.29) is 11.9 Å². The van der Waals surface area contributed by atoms with Gasteiger partial charge in [0.05, 0.1) is 5.69 Å². The molecule has 1 aromatic rings. The van der Waals surface area contributed by atoms with Crippen LogP contribution in [-0.4, -0.2) is 11.9 Å². The van der Waals surface area contributed by atoms with Crippen LogP contribution in [0.3, 0.4) is 0 Å². The highest BCUT2D eigenvalue weighted by Gasteiger charge is 1.97. The molecule has 0 fully saturated rings. The van der Waals surface area contributed by atoms with Crippen LogP contribution < -0.4 is 16.2 Å². The van der Waals surface area contributed by atoms with Crippen LogP contribution in [0.25, 0.3) is 0 Å². The normalized spacial score (nSPS) is 9.21. The third-order valence-corrected chi connectivity index (χ3v) is 1.36. The van der Waals surface area contributed by atoms with Gasteiger partial charge in [0.25, 0.3) is 0 Å². The minimum absolute atomic E-state index is 0.00904. The Morgan fingerprint density at radius 1 is 1.29 bits per heavy atom. The molecule has 0 aromatic heterocycles. The zero-order valence-electron chi connectivity index (χ0n) is 7.73. The van der Waals surface area contributed by atoms with Crippen LogP contribution in [0.2, 0.25) is 0 Å². The molecule has 0 aliphatic heterocycles. The number of nitrogens with zero attached hydrogens (tertiary/aromatic N) is 1. The van der Waals surface area contributed by atoms with Crippen LogP contribution in [-0.2, 0) is 4.79 Å². The van der Waals surface area contributed by atoms with Crippen LogP contribution in [0.1, 0.15) is 6.92 Å². The van der Waals surface area contributed by atoms with E-state index in [0.717, 1.165) is 0 Å². The summed E-state index contributed by atoms with van der Waals surface area (Å²) in [6, 6.07) is 6.53. The zero-order valence-corrected chi connectivity index (χ0v) is 7.73. The van der Waals surface area contributed by atoms with E-state index in [1.807, 2.05) is 0 Å². The number of benzene rings is 1. The largest absolute Gasteiger partial charge is 0.427 e. The van der Waals surface area contributed by atoms with E-state index < -0.39 is 0 Å². The molecule has 0 heterocycles. The third kappa shape index (κ3) is 3.14. The van der Waals surface area contributed by atoms with Gasteiger partial charge in [-0.3, -0.25) is 4.79 Å². The first-order chi connectivity index (χ1) is 6.58. The average Bonchev–Trinajstić information content (AvgIpc) is 2.06. The van der Waals surface area contributed by atoms with Gasteiger partial charge in [0.1, 0.15) is 5.75 Å². The lowest BCUT2D eigenvalue weighted by Crippen LogP contribution is -2.21. The van der Waals surface area contributed by atoms with Crippen LogP contribution in [0.15, 0.2) is 29.3 Å². The molecular weight excluding hydrogens is 182 g/mol. The van der Waals surface area contributed by atoms with E-state index in [9.17, 15) is 4.79 Å². The predicted molar refractivity (Wildman–Crippen MR) is 53.2 cm³/mol. The molecule has 0 aliphatic carbocycles. The maximum absolute atomic E-state index is 10.6. The summed E-state index contributed by atoms with van der Waals surface area (Å²) in [4.78, 5) is 14.4. The Morgan fingerprint density at radius 2 is 1.86 bits per heavy atom. The number of ether oxygens (including phenoxy) is 1. The van der Waals surface area contributed by atoms with Crippen LogP contribution in [0, 0.1) is 0 Å². The Balaban J connectivity index is 2.78. The molecule has 0 saturated carbocycles. The summed E-state index contributed by atoms with van der Waals surface area (Å²) >= 11 is 0. The standard InChI is InChI=1S/C9H11N3O2/c1-6(13)14-8-4-2-7(3-5-8)12-9(10)11/h2-5H,1H3,(H4,10,11,12). The highest BCUT2D eigenvalue weighted by molar-refractivity contribution is 5.79. The smallest absolute Gasteiger partial charge is 0.308 e. The lowest BCUT2D eigenvalue weighted by molar-refractivity contribution is -0.131. The van der Waals surface area contributed by atoms with Crippen LogP contribution >= 0.6 is 0 Å². The molecule has 0 atom stereocenters. The van der Waals surface area contributed by atoms with Crippen molar-refractivity contribution in [3.8, 4) is 5.75 Å². The Labute approximate surface area is 81.4 Å². The molecule has 0 aliphatic rings. The average molecular weight is 193 g/mol. The summed E-state index contributed by atoms with van der Waals surface area (Å²) in [5.74, 6) is 0.0943. The summed E-state index contributed by atoms with van der Waals surface area (Å²) in [6.45, 7) is 1.34. The summed E-state index contributed by atoms with van der Waals surface area (Å²) in [7, 11) is 0. The minimum Gasteiger partial charge on any atom is -0.427 e. The first-order valence-corrected chi connectivity index (χ1v) is 3.96.